The Morgan fingerprint density at radius 1 is 1.42 bits per heavy atom. The van der Waals surface area contributed by atoms with Crippen LogP contribution in [0.2, 0.25) is 0 Å². The van der Waals surface area contributed by atoms with Gasteiger partial charge in [-0.05, 0) is 36.8 Å². The van der Waals surface area contributed by atoms with E-state index in [1.54, 1.807) is 16.7 Å². The van der Waals surface area contributed by atoms with Crippen LogP contribution in [0.25, 0.3) is 0 Å². The van der Waals surface area contributed by atoms with Gasteiger partial charge < -0.3 is 10.0 Å². The molecule has 1 N–H and O–H groups in total. The number of benzene rings is 1. The average Bonchev–Trinajstić information content (AvgIpc) is 2.34. The van der Waals surface area contributed by atoms with E-state index in [2.05, 4.69) is 0 Å². The Morgan fingerprint density at radius 3 is 2.58 bits per heavy atom. The third kappa shape index (κ3) is 2.65. The summed E-state index contributed by atoms with van der Waals surface area (Å²) in [4.78, 5) is 15.3. The first-order valence-electron chi connectivity index (χ1n) is 6.53. The molecule has 4 heteroatoms. The van der Waals surface area contributed by atoms with Gasteiger partial charge in [0.25, 0.3) is 5.91 Å². The third-order valence-electron chi connectivity index (χ3n) is 3.97. The van der Waals surface area contributed by atoms with Crippen molar-refractivity contribution in [1.82, 2.24) is 4.90 Å². The summed E-state index contributed by atoms with van der Waals surface area (Å²) >= 11 is 1.63. The van der Waals surface area contributed by atoms with Crippen LogP contribution >= 0.6 is 11.8 Å². The number of amides is 1. The molecule has 1 amide bonds. The maximum atomic E-state index is 12.4. The van der Waals surface area contributed by atoms with E-state index in [0.717, 1.165) is 16.0 Å². The summed E-state index contributed by atoms with van der Waals surface area (Å²) in [6.45, 7) is 6.80. The minimum Gasteiger partial charge on any atom is -0.386 e. The highest BCUT2D eigenvalue weighted by Crippen LogP contribution is 2.30. The Bertz CT molecular complexity index is 493. The van der Waals surface area contributed by atoms with Crippen molar-refractivity contribution in [3.05, 3.63) is 29.3 Å². The van der Waals surface area contributed by atoms with Gasteiger partial charge in [0.1, 0.15) is 5.60 Å². The van der Waals surface area contributed by atoms with Crippen molar-refractivity contribution >= 4 is 17.7 Å². The Kier molecular flexibility index (Phi) is 3.92. The average molecular weight is 279 g/mol. The number of thioether (sulfide) groups is 1. The Morgan fingerprint density at radius 2 is 2.05 bits per heavy atom. The van der Waals surface area contributed by atoms with Crippen molar-refractivity contribution in [2.45, 2.75) is 31.3 Å². The molecule has 1 heterocycles. The molecule has 1 saturated heterocycles. The SMILES string of the molecule is CSc1ccc(C)c(C(=O)N2CC(O)(C(C)C)C2)c1. The van der Waals surface area contributed by atoms with Crippen LogP contribution in [0.4, 0.5) is 0 Å². The lowest BCUT2D eigenvalue weighted by atomic mass is 9.82. The number of aryl methyl sites for hydroxylation is 1. The van der Waals surface area contributed by atoms with Gasteiger partial charge >= 0.3 is 0 Å². The van der Waals surface area contributed by atoms with Gasteiger partial charge in [0.15, 0.2) is 0 Å². The van der Waals surface area contributed by atoms with Gasteiger partial charge in [-0.25, -0.2) is 0 Å². The molecule has 104 valence electrons. The summed E-state index contributed by atoms with van der Waals surface area (Å²) in [6.07, 6.45) is 2.00. The molecule has 2 rings (SSSR count). The quantitative estimate of drug-likeness (QED) is 0.865. The van der Waals surface area contributed by atoms with E-state index in [4.69, 9.17) is 0 Å². The smallest absolute Gasteiger partial charge is 0.254 e. The van der Waals surface area contributed by atoms with Crippen LogP contribution in [-0.2, 0) is 0 Å². The second-order valence-electron chi connectivity index (χ2n) is 5.60. The number of carbonyl (C=O) groups is 1. The summed E-state index contributed by atoms with van der Waals surface area (Å²) in [6, 6.07) is 5.94. The fourth-order valence-corrected chi connectivity index (χ4v) is 2.69. The molecule has 1 aromatic rings. The lowest BCUT2D eigenvalue weighted by Gasteiger charge is -2.49. The summed E-state index contributed by atoms with van der Waals surface area (Å²) in [5.74, 6) is 0.203. The first-order chi connectivity index (χ1) is 8.87. The van der Waals surface area contributed by atoms with Gasteiger partial charge in [-0.15, -0.1) is 11.8 Å². The van der Waals surface area contributed by atoms with E-state index in [0.29, 0.717) is 13.1 Å². The van der Waals surface area contributed by atoms with Crippen LogP contribution < -0.4 is 0 Å². The van der Waals surface area contributed by atoms with E-state index in [1.165, 1.54) is 0 Å². The molecule has 1 fully saturated rings. The second-order valence-corrected chi connectivity index (χ2v) is 6.48. The monoisotopic (exact) mass is 279 g/mol. The minimum absolute atomic E-state index is 0.0266. The molecule has 0 saturated carbocycles. The number of aliphatic hydroxyl groups is 1. The van der Waals surface area contributed by atoms with Gasteiger partial charge in [-0.1, -0.05) is 19.9 Å². The van der Waals surface area contributed by atoms with Gasteiger partial charge in [-0.3, -0.25) is 4.79 Å². The molecule has 0 bridgehead atoms. The number of rotatable bonds is 3. The molecule has 0 aliphatic carbocycles. The molecule has 1 aromatic carbocycles. The number of likely N-dealkylation sites (tertiary alicyclic amines) is 1. The highest BCUT2D eigenvalue weighted by atomic mass is 32.2. The van der Waals surface area contributed by atoms with Crippen molar-refractivity contribution in [3.63, 3.8) is 0 Å². The lowest BCUT2D eigenvalue weighted by molar-refractivity contribution is -0.110. The van der Waals surface area contributed by atoms with Crippen molar-refractivity contribution in [3.8, 4) is 0 Å². The van der Waals surface area contributed by atoms with E-state index >= 15 is 0 Å². The van der Waals surface area contributed by atoms with Gasteiger partial charge in [0, 0.05) is 10.5 Å². The van der Waals surface area contributed by atoms with Crippen molar-refractivity contribution in [2.75, 3.05) is 19.3 Å². The molecular weight excluding hydrogens is 258 g/mol. The largest absolute Gasteiger partial charge is 0.386 e. The van der Waals surface area contributed by atoms with E-state index in [9.17, 15) is 9.90 Å². The minimum atomic E-state index is -0.708. The van der Waals surface area contributed by atoms with Crippen LogP contribution in [0.1, 0.15) is 29.8 Å². The standard InChI is InChI=1S/C15H21NO2S/c1-10(2)15(18)8-16(9-15)14(17)13-7-12(19-4)6-5-11(13)3/h5-7,10,18H,8-9H2,1-4H3. The zero-order valence-electron chi connectivity index (χ0n) is 11.9. The molecule has 0 radical (unpaired) electrons. The van der Waals surface area contributed by atoms with E-state index < -0.39 is 5.60 Å². The first-order valence-corrected chi connectivity index (χ1v) is 7.76. The summed E-state index contributed by atoms with van der Waals surface area (Å²) in [7, 11) is 0. The van der Waals surface area contributed by atoms with Crippen LogP contribution in [0.15, 0.2) is 23.1 Å². The zero-order chi connectivity index (χ0) is 14.2. The molecular formula is C15H21NO2S. The number of hydrogen-bond donors (Lipinski definition) is 1. The maximum Gasteiger partial charge on any atom is 0.254 e. The summed E-state index contributed by atoms with van der Waals surface area (Å²) in [5, 5.41) is 10.2. The van der Waals surface area contributed by atoms with Gasteiger partial charge in [0.2, 0.25) is 0 Å². The molecule has 0 atom stereocenters. The zero-order valence-corrected chi connectivity index (χ0v) is 12.8. The van der Waals surface area contributed by atoms with Crippen molar-refractivity contribution in [2.24, 2.45) is 5.92 Å². The molecule has 0 unspecified atom stereocenters. The maximum absolute atomic E-state index is 12.4. The van der Waals surface area contributed by atoms with Crippen LogP contribution in [-0.4, -0.2) is 40.9 Å². The second kappa shape index (κ2) is 5.17. The predicted octanol–water partition coefficient (Wildman–Crippen LogP) is 2.56. The molecule has 0 spiro atoms. The summed E-state index contributed by atoms with van der Waals surface area (Å²) in [5.41, 5.74) is 1.03. The summed E-state index contributed by atoms with van der Waals surface area (Å²) < 4.78 is 0. The van der Waals surface area contributed by atoms with Crippen LogP contribution in [0.5, 0.6) is 0 Å². The number of hydrogen-bond acceptors (Lipinski definition) is 3. The Balaban J connectivity index is 2.14. The van der Waals surface area contributed by atoms with Crippen LogP contribution in [0, 0.1) is 12.8 Å². The van der Waals surface area contributed by atoms with E-state index in [-0.39, 0.29) is 11.8 Å². The number of β-amino-alcohol motifs (C(OH)–C–C–N with tert-alkyl or cyclic N) is 1. The fraction of sp³-hybridized carbons (Fsp3) is 0.533. The number of nitrogens with zero attached hydrogens (tertiary/aromatic N) is 1. The van der Waals surface area contributed by atoms with Gasteiger partial charge in [-0.2, -0.15) is 0 Å². The fourth-order valence-electron chi connectivity index (χ4n) is 2.25. The third-order valence-corrected chi connectivity index (χ3v) is 4.69. The normalized spacial score (nSPS) is 17.5. The predicted molar refractivity (Wildman–Crippen MR) is 78.7 cm³/mol. The van der Waals surface area contributed by atoms with E-state index in [1.807, 2.05) is 45.2 Å². The molecule has 1 aliphatic rings. The topological polar surface area (TPSA) is 40.5 Å². The van der Waals surface area contributed by atoms with Crippen molar-refractivity contribution in [1.29, 1.82) is 0 Å². The Labute approximate surface area is 119 Å². The molecule has 3 nitrogen and oxygen atoms in total. The van der Waals surface area contributed by atoms with Crippen molar-refractivity contribution < 1.29 is 9.90 Å². The highest BCUT2D eigenvalue weighted by Gasteiger charge is 2.46. The van der Waals surface area contributed by atoms with Gasteiger partial charge in [0.05, 0.1) is 13.1 Å². The molecule has 1 aliphatic heterocycles. The lowest BCUT2D eigenvalue weighted by Crippen LogP contribution is -2.66. The first kappa shape index (κ1) is 14.4. The molecule has 19 heavy (non-hydrogen) atoms. The molecule has 0 aromatic heterocycles. The highest BCUT2D eigenvalue weighted by molar-refractivity contribution is 7.98. The Hall–Kier alpha value is -1.00. The van der Waals surface area contributed by atoms with Crippen LogP contribution in [0.3, 0.4) is 0 Å². The number of carbonyl (C=O) groups excluding carboxylic acids is 1.